The maximum Gasteiger partial charge on any atom is 0.332 e. The summed E-state index contributed by atoms with van der Waals surface area (Å²) in [6.45, 7) is 2.38. The van der Waals surface area contributed by atoms with Crippen LogP contribution in [0.15, 0.2) is 52.4 Å². The number of amides is 2. The molecular formula is C23H24N8O4. The van der Waals surface area contributed by atoms with Crippen LogP contribution in [-0.2, 0) is 25.4 Å². The predicted octanol–water partition coefficient (Wildman–Crippen LogP) is 0.218. The number of carbonyl (C=O) groups is 2. The van der Waals surface area contributed by atoms with Gasteiger partial charge in [-0.2, -0.15) is 5.10 Å². The van der Waals surface area contributed by atoms with E-state index in [9.17, 15) is 19.2 Å². The van der Waals surface area contributed by atoms with Gasteiger partial charge in [-0.15, -0.1) is 0 Å². The molecule has 1 aromatic carbocycles. The first-order valence-corrected chi connectivity index (χ1v) is 11.1. The van der Waals surface area contributed by atoms with E-state index in [1.165, 1.54) is 45.8 Å². The summed E-state index contributed by atoms with van der Waals surface area (Å²) in [4.78, 5) is 55.7. The van der Waals surface area contributed by atoms with Crippen molar-refractivity contribution in [3.05, 3.63) is 75.0 Å². The monoisotopic (exact) mass is 476 g/mol. The molecule has 0 bridgehead atoms. The molecule has 2 amide bonds. The van der Waals surface area contributed by atoms with E-state index in [0.29, 0.717) is 30.8 Å². The van der Waals surface area contributed by atoms with Gasteiger partial charge < -0.3 is 4.57 Å². The highest BCUT2D eigenvalue weighted by Gasteiger charge is 2.33. The van der Waals surface area contributed by atoms with Crippen LogP contribution in [0.25, 0.3) is 16.9 Å². The van der Waals surface area contributed by atoms with Crippen molar-refractivity contribution in [3.8, 4) is 5.69 Å². The Labute approximate surface area is 199 Å². The maximum atomic E-state index is 13.4. The average molecular weight is 476 g/mol. The lowest BCUT2D eigenvalue weighted by Crippen LogP contribution is -2.46. The number of fused-ring (bicyclic) bond motifs is 1. The molecule has 3 aromatic heterocycles. The Morgan fingerprint density at radius 1 is 1.00 bits per heavy atom. The molecule has 12 nitrogen and oxygen atoms in total. The van der Waals surface area contributed by atoms with Crippen molar-refractivity contribution in [2.45, 2.75) is 19.9 Å². The molecule has 0 atom stereocenters. The molecule has 12 heteroatoms. The van der Waals surface area contributed by atoms with Crippen LogP contribution >= 0.6 is 0 Å². The Morgan fingerprint density at radius 3 is 2.46 bits per heavy atom. The second kappa shape index (κ2) is 8.38. The number of hydrazine groups is 1. The zero-order valence-electron chi connectivity index (χ0n) is 19.6. The minimum atomic E-state index is -0.535. The molecule has 0 radical (unpaired) electrons. The maximum absolute atomic E-state index is 13.4. The van der Waals surface area contributed by atoms with Gasteiger partial charge in [0.25, 0.3) is 17.4 Å². The molecule has 35 heavy (non-hydrogen) atoms. The SMILES string of the molecule is Cc1c(C(=O)N2CCCN2C(=O)Cn2cnc3c2c(=O)n(C)c(=O)n3C)cnn1-c1ccccc1. The first kappa shape index (κ1) is 22.3. The number of nitrogens with zero attached hydrogens (tertiary/aromatic N) is 8. The van der Waals surface area contributed by atoms with Crippen molar-refractivity contribution in [2.75, 3.05) is 13.1 Å². The molecule has 0 N–H and O–H groups in total. The number of carbonyl (C=O) groups excluding carboxylic acids is 2. The molecule has 5 rings (SSSR count). The first-order valence-electron chi connectivity index (χ1n) is 11.1. The van der Waals surface area contributed by atoms with Gasteiger partial charge in [0.05, 0.1) is 29.5 Å². The quantitative estimate of drug-likeness (QED) is 0.416. The largest absolute Gasteiger partial charge is 0.332 e. The second-order valence-corrected chi connectivity index (χ2v) is 8.44. The van der Waals surface area contributed by atoms with Crippen LogP contribution in [0.4, 0.5) is 0 Å². The first-order chi connectivity index (χ1) is 16.8. The molecule has 180 valence electrons. The molecule has 1 aliphatic heterocycles. The van der Waals surface area contributed by atoms with Crippen molar-refractivity contribution in [2.24, 2.45) is 14.1 Å². The molecule has 0 spiro atoms. The second-order valence-electron chi connectivity index (χ2n) is 8.44. The predicted molar refractivity (Wildman–Crippen MR) is 126 cm³/mol. The zero-order chi connectivity index (χ0) is 24.9. The third-order valence-corrected chi connectivity index (χ3v) is 6.32. The van der Waals surface area contributed by atoms with E-state index in [1.54, 1.807) is 4.68 Å². The van der Waals surface area contributed by atoms with Crippen molar-refractivity contribution in [1.29, 1.82) is 0 Å². The van der Waals surface area contributed by atoms with E-state index in [0.717, 1.165) is 10.3 Å². The number of hydrogen-bond acceptors (Lipinski definition) is 6. The van der Waals surface area contributed by atoms with Gasteiger partial charge in [0.15, 0.2) is 11.2 Å². The van der Waals surface area contributed by atoms with Gasteiger partial charge in [0.1, 0.15) is 6.54 Å². The summed E-state index contributed by atoms with van der Waals surface area (Å²) in [6.07, 6.45) is 3.50. The highest BCUT2D eigenvalue weighted by Crippen LogP contribution is 2.20. The summed E-state index contributed by atoms with van der Waals surface area (Å²) in [6, 6.07) is 9.49. The van der Waals surface area contributed by atoms with Gasteiger partial charge >= 0.3 is 5.69 Å². The molecule has 4 heterocycles. The molecule has 1 saturated heterocycles. The topological polar surface area (TPSA) is 120 Å². The van der Waals surface area contributed by atoms with Gasteiger partial charge in [-0.3, -0.25) is 23.5 Å². The smallest absolute Gasteiger partial charge is 0.315 e. The summed E-state index contributed by atoms with van der Waals surface area (Å²) < 4.78 is 5.34. The number of imidazole rings is 1. The van der Waals surface area contributed by atoms with Gasteiger partial charge in [0, 0.05) is 27.2 Å². The van der Waals surface area contributed by atoms with Crippen molar-refractivity contribution >= 4 is 23.0 Å². The third-order valence-electron chi connectivity index (χ3n) is 6.32. The Morgan fingerprint density at radius 2 is 1.71 bits per heavy atom. The highest BCUT2D eigenvalue weighted by molar-refractivity contribution is 5.96. The molecule has 0 aliphatic carbocycles. The summed E-state index contributed by atoms with van der Waals surface area (Å²) in [5.41, 5.74) is 1.23. The standard InChI is InChI=1S/C23H24N8O4/c1-15-17(12-25-31(15)16-8-5-4-6-9-16)21(33)30-11-7-10-29(30)18(32)13-28-14-24-20-19(28)22(34)27(3)23(35)26(20)2/h4-6,8-9,12,14H,7,10-11,13H2,1-3H3. The lowest BCUT2D eigenvalue weighted by atomic mass is 10.2. The van der Waals surface area contributed by atoms with Crippen LogP contribution in [0.3, 0.4) is 0 Å². The van der Waals surface area contributed by atoms with Crippen molar-refractivity contribution < 1.29 is 9.59 Å². The van der Waals surface area contributed by atoms with E-state index in [-0.39, 0.29) is 29.5 Å². The summed E-state index contributed by atoms with van der Waals surface area (Å²) in [7, 11) is 2.89. The lowest BCUT2D eigenvalue weighted by molar-refractivity contribution is -0.141. The van der Waals surface area contributed by atoms with Gasteiger partial charge in [-0.1, -0.05) is 18.2 Å². The molecule has 0 unspecified atom stereocenters. The molecular weight excluding hydrogens is 452 g/mol. The number of benzene rings is 1. The van der Waals surface area contributed by atoms with Crippen LogP contribution in [0.2, 0.25) is 0 Å². The van der Waals surface area contributed by atoms with Crippen molar-refractivity contribution in [1.82, 2.24) is 38.5 Å². The Kier molecular flexibility index (Phi) is 5.35. The molecule has 1 aliphatic rings. The van der Waals surface area contributed by atoms with Crippen LogP contribution in [0.5, 0.6) is 0 Å². The van der Waals surface area contributed by atoms with E-state index < -0.39 is 11.2 Å². The fourth-order valence-electron chi connectivity index (χ4n) is 4.41. The van der Waals surface area contributed by atoms with Crippen molar-refractivity contribution in [3.63, 3.8) is 0 Å². The number of rotatable bonds is 4. The molecule has 0 saturated carbocycles. The number of aryl methyl sites for hydroxylation is 1. The Balaban J connectivity index is 1.42. The summed E-state index contributed by atoms with van der Waals surface area (Å²) >= 11 is 0. The van der Waals surface area contributed by atoms with Crippen LogP contribution in [0.1, 0.15) is 22.5 Å². The Hall–Kier alpha value is -4.48. The number of aromatic nitrogens is 6. The highest BCUT2D eigenvalue weighted by atomic mass is 16.2. The van der Waals surface area contributed by atoms with E-state index >= 15 is 0 Å². The lowest BCUT2D eigenvalue weighted by Gasteiger charge is -2.28. The van der Waals surface area contributed by atoms with Crippen LogP contribution in [0, 0.1) is 6.92 Å². The average Bonchev–Trinajstić information content (AvgIpc) is 3.60. The molecule has 4 aromatic rings. The zero-order valence-corrected chi connectivity index (χ0v) is 19.6. The summed E-state index contributed by atoms with van der Waals surface area (Å²) in [5, 5.41) is 7.19. The summed E-state index contributed by atoms with van der Waals surface area (Å²) in [5.74, 6) is -0.677. The minimum absolute atomic E-state index is 0.153. The van der Waals surface area contributed by atoms with Crippen LogP contribution in [-0.4, -0.2) is 63.4 Å². The van der Waals surface area contributed by atoms with E-state index in [1.807, 2.05) is 37.3 Å². The van der Waals surface area contributed by atoms with E-state index in [2.05, 4.69) is 10.1 Å². The van der Waals surface area contributed by atoms with Gasteiger partial charge in [0.2, 0.25) is 0 Å². The minimum Gasteiger partial charge on any atom is -0.315 e. The fourth-order valence-corrected chi connectivity index (χ4v) is 4.41. The third kappa shape index (κ3) is 3.54. The van der Waals surface area contributed by atoms with Crippen LogP contribution < -0.4 is 11.2 Å². The number of hydrogen-bond donors (Lipinski definition) is 0. The normalized spacial score (nSPS) is 13.7. The van der Waals surface area contributed by atoms with Gasteiger partial charge in [-0.05, 0) is 25.5 Å². The Bertz CT molecular complexity index is 1580. The van der Waals surface area contributed by atoms with E-state index in [4.69, 9.17) is 0 Å². The molecule has 1 fully saturated rings. The van der Waals surface area contributed by atoms with Gasteiger partial charge in [-0.25, -0.2) is 24.5 Å². The fraction of sp³-hybridized carbons (Fsp3) is 0.304. The number of para-hydroxylation sites is 1.